The van der Waals surface area contributed by atoms with Crippen LogP contribution in [0.5, 0.6) is 0 Å². The summed E-state index contributed by atoms with van der Waals surface area (Å²) < 4.78 is 0. The molecule has 6 aromatic rings. The third kappa shape index (κ3) is 3.35. The van der Waals surface area contributed by atoms with Crippen molar-refractivity contribution in [2.24, 2.45) is 0 Å². The fourth-order valence-corrected chi connectivity index (χ4v) is 4.67. The molecular formula is C30H21N3. The molecule has 0 fully saturated rings. The van der Waals surface area contributed by atoms with Crippen molar-refractivity contribution in [3.05, 3.63) is 115 Å². The van der Waals surface area contributed by atoms with Gasteiger partial charge in [-0.25, -0.2) is 15.0 Å². The number of aryl methyl sites for hydroxylation is 1. The van der Waals surface area contributed by atoms with E-state index < -0.39 is 0 Å². The van der Waals surface area contributed by atoms with Crippen molar-refractivity contribution in [3.63, 3.8) is 0 Å². The molecule has 6 rings (SSSR count). The van der Waals surface area contributed by atoms with E-state index in [4.69, 9.17) is 0 Å². The highest BCUT2D eigenvalue weighted by Crippen LogP contribution is 2.44. The SMILES string of the molecule is Cc1ncnc(-c2ccc3c(-c4ccccc4)c4ccccc4c(-c4ccccc4)c3c2)n1. The lowest BCUT2D eigenvalue weighted by Crippen LogP contribution is -1.95. The van der Waals surface area contributed by atoms with Crippen LogP contribution < -0.4 is 0 Å². The van der Waals surface area contributed by atoms with Gasteiger partial charge in [0.2, 0.25) is 0 Å². The van der Waals surface area contributed by atoms with E-state index in [0.717, 1.165) is 5.56 Å². The first kappa shape index (κ1) is 19.3. The van der Waals surface area contributed by atoms with E-state index in [9.17, 15) is 0 Å². The zero-order valence-corrected chi connectivity index (χ0v) is 18.2. The van der Waals surface area contributed by atoms with Crippen LogP contribution in [0.1, 0.15) is 5.82 Å². The molecule has 0 aliphatic rings. The first-order valence-corrected chi connectivity index (χ1v) is 11.0. The van der Waals surface area contributed by atoms with Crippen LogP contribution in [-0.4, -0.2) is 15.0 Å². The van der Waals surface area contributed by atoms with Crippen LogP contribution in [0.2, 0.25) is 0 Å². The Morgan fingerprint density at radius 2 is 1.03 bits per heavy atom. The largest absolute Gasteiger partial charge is 0.222 e. The third-order valence-electron chi connectivity index (χ3n) is 6.10. The Hall–Kier alpha value is -4.37. The van der Waals surface area contributed by atoms with E-state index in [1.807, 2.05) is 6.92 Å². The van der Waals surface area contributed by atoms with Gasteiger partial charge >= 0.3 is 0 Å². The number of aromatic nitrogens is 3. The maximum Gasteiger partial charge on any atom is 0.162 e. The third-order valence-corrected chi connectivity index (χ3v) is 6.10. The van der Waals surface area contributed by atoms with E-state index >= 15 is 0 Å². The molecule has 0 radical (unpaired) electrons. The van der Waals surface area contributed by atoms with Crippen molar-refractivity contribution in [1.82, 2.24) is 15.0 Å². The second-order valence-electron chi connectivity index (χ2n) is 8.14. The van der Waals surface area contributed by atoms with Gasteiger partial charge < -0.3 is 0 Å². The standard InChI is InChI=1S/C30H21N3/c1-20-31-19-32-30(33-20)23-16-17-26-27(18-23)29(22-12-6-3-7-13-22)25-15-9-8-14-24(25)28(26)21-10-4-2-5-11-21/h2-19H,1H3. The molecule has 3 heteroatoms. The van der Waals surface area contributed by atoms with Gasteiger partial charge in [-0.15, -0.1) is 0 Å². The molecule has 0 aliphatic carbocycles. The quantitative estimate of drug-likeness (QED) is 0.277. The number of benzene rings is 5. The molecule has 0 unspecified atom stereocenters. The molecule has 5 aromatic carbocycles. The molecule has 0 saturated carbocycles. The van der Waals surface area contributed by atoms with Gasteiger partial charge in [-0.3, -0.25) is 0 Å². The second-order valence-corrected chi connectivity index (χ2v) is 8.14. The lowest BCUT2D eigenvalue weighted by atomic mass is 9.85. The Balaban J connectivity index is 1.79. The monoisotopic (exact) mass is 423 g/mol. The molecule has 1 heterocycles. The molecule has 33 heavy (non-hydrogen) atoms. The van der Waals surface area contributed by atoms with Gasteiger partial charge in [-0.2, -0.15) is 0 Å². The van der Waals surface area contributed by atoms with Crippen LogP contribution in [-0.2, 0) is 0 Å². The Kier molecular flexibility index (Phi) is 4.66. The summed E-state index contributed by atoms with van der Waals surface area (Å²) >= 11 is 0. The minimum absolute atomic E-state index is 0.692. The summed E-state index contributed by atoms with van der Waals surface area (Å²) in [6.45, 7) is 1.89. The summed E-state index contributed by atoms with van der Waals surface area (Å²) in [4.78, 5) is 13.2. The van der Waals surface area contributed by atoms with Crippen LogP contribution in [0, 0.1) is 6.92 Å². The molecule has 0 amide bonds. The predicted molar refractivity (Wildman–Crippen MR) is 136 cm³/mol. The minimum Gasteiger partial charge on any atom is -0.222 e. The zero-order chi connectivity index (χ0) is 22.2. The first-order valence-electron chi connectivity index (χ1n) is 11.0. The second kappa shape index (κ2) is 7.95. The van der Waals surface area contributed by atoms with Gasteiger partial charge in [-0.1, -0.05) is 97.1 Å². The summed E-state index contributed by atoms with van der Waals surface area (Å²) in [6, 6.07) is 36.5. The number of hydrogen-bond acceptors (Lipinski definition) is 3. The van der Waals surface area contributed by atoms with Crippen LogP contribution >= 0.6 is 0 Å². The summed E-state index contributed by atoms with van der Waals surface area (Å²) in [6.07, 6.45) is 1.58. The topological polar surface area (TPSA) is 38.7 Å². The number of hydrogen-bond donors (Lipinski definition) is 0. The molecule has 0 saturated heterocycles. The van der Waals surface area contributed by atoms with Gasteiger partial charge in [0.05, 0.1) is 0 Å². The number of rotatable bonds is 3. The van der Waals surface area contributed by atoms with Gasteiger partial charge in [0.1, 0.15) is 12.2 Å². The van der Waals surface area contributed by atoms with E-state index in [0.29, 0.717) is 11.6 Å². The molecule has 0 atom stereocenters. The van der Waals surface area contributed by atoms with Crippen molar-refractivity contribution in [2.45, 2.75) is 6.92 Å². The minimum atomic E-state index is 0.692. The zero-order valence-electron chi connectivity index (χ0n) is 18.2. The predicted octanol–water partition coefficient (Wildman–Crippen LogP) is 7.49. The lowest BCUT2D eigenvalue weighted by molar-refractivity contribution is 0.983. The smallest absolute Gasteiger partial charge is 0.162 e. The van der Waals surface area contributed by atoms with Gasteiger partial charge in [0.15, 0.2) is 5.82 Å². The van der Waals surface area contributed by atoms with Crippen molar-refractivity contribution >= 4 is 21.5 Å². The molecule has 0 bridgehead atoms. The molecule has 1 aromatic heterocycles. The van der Waals surface area contributed by atoms with Gasteiger partial charge in [0.25, 0.3) is 0 Å². The van der Waals surface area contributed by atoms with E-state index in [1.165, 1.54) is 43.8 Å². The van der Waals surface area contributed by atoms with Gasteiger partial charge in [0, 0.05) is 5.56 Å². The molecule has 3 nitrogen and oxygen atoms in total. The maximum atomic E-state index is 4.57. The van der Waals surface area contributed by atoms with E-state index in [1.54, 1.807) is 6.33 Å². The van der Waals surface area contributed by atoms with Crippen LogP contribution in [0.15, 0.2) is 109 Å². The van der Waals surface area contributed by atoms with E-state index in [-0.39, 0.29) is 0 Å². The summed E-state index contributed by atoms with van der Waals surface area (Å²) in [5.74, 6) is 1.41. The summed E-state index contributed by atoms with van der Waals surface area (Å²) in [5.41, 5.74) is 5.87. The van der Waals surface area contributed by atoms with Gasteiger partial charge in [-0.05, 0) is 56.8 Å². The Labute approximate surface area is 192 Å². The Morgan fingerprint density at radius 1 is 0.485 bits per heavy atom. The molecule has 0 aliphatic heterocycles. The Bertz CT molecular complexity index is 1610. The number of nitrogens with zero attached hydrogens (tertiary/aromatic N) is 3. The highest BCUT2D eigenvalue weighted by molar-refractivity contribution is 6.21. The Morgan fingerprint density at radius 3 is 1.64 bits per heavy atom. The molecular weight excluding hydrogens is 402 g/mol. The maximum absolute atomic E-state index is 4.57. The normalized spacial score (nSPS) is 11.2. The average Bonchev–Trinajstić information content (AvgIpc) is 2.88. The molecule has 0 spiro atoms. The van der Waals surface area contributed by atoms with Crippen molar-refractivity contribution < 1.29 is 0 Å². The highest BCUT2D eigenvalue weighted by atomic mass is 15.0. The van der Waals surface area contributed by atoms with Crippen LogP contribution in [0.4, 0.5) is 0 Å². The van der Waals surface area contributed by atoms with Crippen LogP contribution in [0.25, 0.3) is 55.2 Å². The van der Waals surface area contributed by atoms with Crippen molar-refractivity contribution in [2.75, 3.05) is 0 Å². The van der Waals surface area contributed by atoms with Crippen LogP contribution in [0.3, 0.4) is 0 Å². The van der Waals surface area contributed by atoms with Crippen molar-refractivity contribution in [1.29, 1.82) is 0 Å². The fourth-order valence-electron chi connectivity index (χ4n) is 4.67. The highest BCUT2D eigenvalue weighted by Gasteiger charge is 2.17. The first-order chi connectivity index (χ1) is 16.3. The summed E-state index contributed by atoms with van der Waals surface area (Å²) in [7, 11) is 0. The molecule has 156 valence electrons. The average molecular weight is 424 g/mol. The summed E-state index contributed by atoms with van der Waals surface area (Å²) in [5, 5.41) is 4.89. The molecule has 0 N–H and O–H groups in total. The lowest BCUT2D eigenvalue weighted by Gasteiger charge is -2.18. The van der Waals surface area contributed by atoms with Crippen molar-refractivity contribution in [3.8, 4) is 33.6 Å². The number of fused-ring (bicyclic) bond motifs is 2. The fraction of sp³-hybridized carbons (Fsp3) is 0.0333. The van der Waals surface area contributed by atoms with E-state index in [2.05, 4.69) is 118 Å².